The summed E-state index contributed by atoms with van der Waals surface area (Å²) < 4.78 is 0. The Hall–Kier alpha value is -3.52. The summed E-state index contributed by atoms with van der Waals surface area (Å²) >= 11 is 0. The van der Waals surface area contributed by atoms with Gasteiger partial charge in [-0.25, -0.2) is 9.78 Å². The Bertz CT molecular complexity index is 753. The Kier molecular flexibility index (Phi) is 9.91. The molecule has 3 atom stereocenters. The lowest BCUT2D eigenvalue weighted by Crippen LogP contribution is -2.54. The molecule has 30 heavy (non-hydrogen) atoms. The number of aromatic nitrogens is 2. The number of nitrogens with one attached hydrogen (secondary N) is 4. The van der Waals surface area contributed by atoms with Crippen molar-refractivity contribution in [3.63, 3.8) is 0 Å². The molecule has 9 N–H and O–H groups in total. The standard InChI is InChI=1S/C16H24N6O8/c17-9(6-23)14(27)22-10(1-2-13(25)26)15(28)19-5-12(24)21-11(16(29)30)3-8-4-18-7-20-8/h4,7,9-11,23H,1-3,5-6,17H2,(H,18,20)(H,19,28)(H,21,24)(H,22,27)(H,25,26)(H,29,30). The topological polar surface area (TPSA) is 237 Å². The lowest BCUT2D eigenvalue weighted by molar-refractivity contribution is -0.141. The van der Waals surface area contributed by atoms with E-state index in [2.05, 4.69) is 25.9 Å². The summed E-state index contributed by atoms with van der Waals surface area (Å²) in [6.07, 6.45) is 1.95. The molecule has 0 radical (unpaired) electrons. The molecule has 1 rings (SSSR count). The van der Waals surface area contributed by atoms with Gasteiger partial charge in [-0.1, -0.05) is 0 Å². The van der Waals surface area contributed by atoms with E-state index in [4.69, 9.17) is 15.9 Å². The molecule has 3 amide bonds. The second kappa shape index (κ2) is 12.1. The molecular formula is C16H24N6O8. The fraction of sp³-hybridized carbons (Fsp3) is 0.500. The molecular weight excluding hydrogens is 404 g/mol. The van der Waals surface area contributed by atoms with Gasteiger partial charge in [0.15, 0.2) is 0 Å². The third-order valence-corrected chi connectivity index (χ3v) is 3.85. The quantitative estimate of drug-likeness (QED) is 0.153. The summed E-state index contributed by atoms with van der Waals surface area (Å²) in [5.74, 6) is -5.07. The molecule has 1 aromatic rings. The van der Waals surface area contributed by atoms with E-state index in [1.807, 2.05) is 0 Å². The van der Waals surface area contributed by atoms with Crippen molar-refractivity contribution >= 4 is 29.7 Å². The van der Waals surface area contributed by atoms with E-state index < -0.39 is 67.4 Å². The van der Waals surface area contributed by atoms with Gasteiger partial charge in [0.25, 0.3) is 0 Å². The number of aliphatic carboxylic acids is 2. The normalized spacial score (nSPS) is 13.5. The fourth-order valence-electron chi connectivity index (χ4n) is 2.25. The second-order valence-corrected chi connectivity index (χ2v) is 6.24. The lowest BCUT2D eigenvalue weighted by Gasteiger charge is -2.20. The Labute approximate surface area is 170 Å². The number of hydrogen-bond donors (Lipinski definition) is 8. The SMILES string of the molecule is NC(CO)C(=O)NC(CCC(=O)O)C(=O)NCC(=O)NC(Cc1cnc[nH]1)C(=O)O. The van der Waals surface area contributed by atoms with E-state index >= 15 is 0 Å². The van der Waals surface area contributed by atoms with Crippen LogP contribution in [0.25, 0.3) is 0 Å². The number of carboxylic acid groups (broad SMARTS) is 2. The zero-order chi connectivity index (χ0) is 22.7. The molecule has 0 bridgehead atoms. The predicted octanol–water partition coefficient (Wildman–Crippen LogP) is -3.69. The van der Waals surface area contributed by atoms with Gasteiger partial charge in [0, 0.05) is 24.7 Å². The number of aromatic amines is 1. The van der Waals surface area contributed by atoms with Crippen molar-refractivity contribution < 1.29 is 39.3 Å². The number of carbonyl (C=O) groups excluding carboxylic acids is 3. The van der Waals surface area contributed by atoms with Gasteiger partial charge in [-0.15, -0.1) is 0 Å². The second-order valence-electron chi connectivity index (χ2n) is 6.24. The van der Waals surface area contributed by atoms with E-state index in [9.17, 15) is 29.1 Å². The Morgan fingerprint density at radius 3 is 2.33 bits per heavy atom. The summed E-state index contributed by atoms with van der Waals surface area (Å²) in [6.45, 7) is -1.30. The number of nitrogens with two attached hydrogens (primary N) is 1. The number of H-pyrrole nitrogens is 1. The number of aliphatic hydroxyl groups is 1. The highest BCUT2D eigenvalue weighted by atomic mass is 16.4. The molecule has 0 fully saturated rings. The van der Waals surface area contributed by atoms with Crippen LogP contribution in [0.5, 0.6) is 0 Å². The van der Waals surface area contributed by atoms with Crippen molar-refractivity contribution in [2.24, 2.45) is 5.73 Å². The van der Waals surface area contributed by atoms with Crippen molar-refractivity contribution in [1.82, 2.24) is 25.9 Å². The molecule has 0 saturated heterocycles. The number of amides is 3. The first kappa shape index (κ1) is 24.5. The molecule has 0 aromatic carbocycles. The smallest absolute Gasteiger partial charge is 0.326 e. The zero-order valence-corrected chi connectivity index (χ0v) is 15.8. The summed E-state index contributed by atoms with van der Waals surface area (Å²) in [5, 5.41) is 33.5. The van der Waals surface area contributed by atoms with Gasteiger partial charge in [0.2, 0.25) is 17.7 Å². The van der Waals surface area contributed by atoms with Crippen LogP contribution in [0.3, 0.4) is 0 Å². The van der Waals surface area contributed by atoms with Crippen LogP contribution in [-0.2, 0) is 30.4 Å². The van der Waals surface area contributed by atoms with Crippen molar-refractivity contribution in [2.45, 2.75) is 37.4 Å². The Morgan fingerprint density at radius 2 is 1.80 bits per heavy atom. The number of rotatable bonds is 13. The minimum atomic E-state index is -1.32. The minimum absolute atomic E-state index is 0.0641. The molecule has 0 spiro atoms. The first-order chi connectivity index (χ1) is 14.1. The molecule has 1 aromatic heterocycles. The highest BCUT2D eigenvalue weighted by Gasteiger charge is 2.26. The minimum Gasteiger partial charge on any atom is -0.481 e. The third-order valence-electron chi connectivity index (χ3n) is 3.85. The first-order valence-corrected chi connectivity index (χ1v) is 8.79. The maximum Gasteiger partial charge on any atom is 0.326 e. The Morgan fingerprint density at radius 1 is 1.10 bits per heavy atom. The first-order valence-electron chi connectivity index (χ1n) is 8.79. The summed E-state index contributed by atoms with van der Waals surface area (Å²) in [7, 11) is 0. The number of carboxylic acids is 2. The van der Waals surface area contributed by atoms with E-state index in [-0.39, 0.29) is 12.8 Å². The molecule has 14 nitrogen and oxygen atoms in total. The van der Waals surface area contributed by atoms with Crippen LogP contribution in [0.4, 0.5) is 0 Å². The van der Waals surface area contributed by atoms with Crippen LogP contribution >= 0.6 is 0 Å². The van der Waals surface area contributed by atoms with Crippen LogP contribution in [0, 0.1) is 0 Å². The molecule has 14 heteroatoms. The van der Waals surface area contributed by atoms with Crippen LogP contribution in [0.2, 0.25) is 0 Å². The maximum atomic E-state index is 12.3. The fourth-order valence-corrected chi connectivity index (χ4v) is 2.25. The van der Waals surface area contributed by atoms with Crippen LogP contribution in [0.15, 0.2) is 12.5 Å². The van der Waals surface area contributed by atoms with Crippen molar-refractivity contribution in [1.29, 1.82) is 0 Å². The average molecular weight is 428 g/mol. The largest absolute Gasteiger partial charge is 0.481 e. The average Bonchev–Trinajstić information content (AvgIpc) is 3.20. The molecule has 0 aliphatic rings. The number of hydrogen-bond acceptors (Lipinski definition) is 8. The van der Waals surface area contributed by atoms with Gasteiger partial charge >= 0.3 is 11.9 Å². The Balaban J connectivity index is 2.63. The molecule has 3 unspecified atom stereocenters. The van der Waals surface area contributed by atoms with Gasteiger partial charge in [0.05, 0.1) is 19.5 Å². The lowest BCUT2D eigenvalue weighted by atomic mass is 10.1. The monoisotopic (exact) mass is 428 g/mol. The maximum absolute atomic E-state index is 12.3. The molecule has 0 aliphatic heterocycles. The molecule has 166 valence electrons. The number of carbonyl (C=O) groups is 5. The highest BCUT2D eigenvalue weighted by Crippen LogP contribution is 2.00. The zero-order valence-electron chi connectivity index (χ0n) is 15.8. The highest BCUT2D eigenvalue weighted by molar-refractivity contribution is 5.92. The summed E-state index contributed by atoms with van der Waals surface area (Å²) in [6, 6.07) is -3.91. The van der Waals surface area contributed by atoms with Crippen LogP contribution in [-0.4, -0.2) is 86.2 Å². The van der Waals surface area contributed by atoms with Crippen LogP contribution < -0.4 is 21.7 Å². The van der Waals surface area contributed by atoms with Crippen molar-refractivity contribution in [3.05, 3.63) is 18.2 Å². The molecule has 0 aliphatic carbocycles. The van der Waals surface area contributed by atoms with E-state index in [1.54, 1.807) is 0 Å². The summed E-state index contributed by atoms with van der Waals surface area (Å²) in [4.78, 5) is 64.5. The number of nitrogens with zero attached hydrogens (tertiary/aromatic N) is 1. The van der Waals surface area contributed by atoms with Gasteiger partial charge in [0.1, 0.15) is 18.1 Å². The van der Waals surface area contributed by atoms with Gasteiger partial charge in [-0.2, -0.15) is 0 Å². The van der Waals surface area contributed by atoms with E-state index in [0.717, 1.165) is 0 Å². The van der Waals surface area contributed by atoms with Crippen molar-refractivity contribution in [2.75, 3.05) is 13.2 Å². The summed E-state index contributed by atoms with van der Waals surface area (Å²) in [5.41, 5.74) is 5.82. The van der Waals surface area contributed by atoms with Gasteiger partial charge in [-0.3, -0.25) is 19.2 Å². The van der Waals surface area contributed by atoms with Gasteiger partial charge in [-0.05, 0) is 6.42 Å². The number of imidazole rings is 1. The van der Waals surface area contributed by atoms with Crippen LogP contribution in [0.1, 0.15) is 18.5 Å². The van der Waals surface area contributed by atoms with E-state index in [0.29, 0.717) is 5.69 Å². The molecule has 1 heterocycles. The van der Waals surface area contributed by atoms with E-state index in [1.165, 1.54) is 12.5 Å². The van der Waals surface area contributed by atoms with Gasteiger partial charge < -0.3 is 42.0 Å². The van der Waals surface area contributed by atoms with Crippen molar-refractivity contribution in [3.8, 4) is 0 Å². The predicted molar refractivity (Wildman–Crippen MR) is 98.7 cm³/mol. The third kappa shape index (κ3) is 8.66. The molecule has 0 saturated carbocycles. The number of aliphatic hydroxyl groups excluding tert-OH is 1.